The fraction of sp³-hybridized carbons (Fsp3) is 0.462. The summed E-state index contributed by atoms with van der Waals surface area (Å²) in [7, 11) is 0. The molecule has 1 atom stereocenters. The van der Waals surface area contributed by atoms with Crippen LogP contribution < -0.4 is 4.90 Å². The first-order valence-corrected chi connectivity index (χ1v) is 5.88. The van der Waals surface area contributed by atoms with Crippen molar-refractivity contribution in [1.82, 2.24) is 0 Å². The van der Waals surface area contributed by atoms with Gasteiger partial charge in [-0.25, -0.2) is 4.39 Å². The van der Waals surface area contributed by atoms with E-state index in [4.69, 9.17) is 4.74 Å². The van der Waals surface area contributed by atoms with Crippen molar-refractivity contribution in [3.8, 4) is 0 Å². The van der Waals surface area contributed by atoms with E-state index in [2.05, 4.69) is 4.90 Å². The Hall–Kier alpha value is -1.58. The fourth-order valence-electron chi connectivity index (χ4n) is 2.10. The Kier molecular flexibility index (Phi) is 3.61. The zero-order valence-corrected chi connectivity index (χ0v) is 9.86. The van der Waals surface area contributed by atoms with E-state index in [9.17, 15) is 9.18 Å². The molecule has 0 bridgehead atoms. The average Bonchev–Trinajstić information content (AvgIpc) is 2.80. The van der Waals surface area contributed by atoms with Gasteiger partial charge in [0.1, 0.15) is 5.82 Å². The molecule has 1 fully saturated rings. The second kappa shape index (κ2) is 5.17. The molecule has 1 saturated heterocycles. The number of carbonyl (C=O) groups is 1. The molecule has 1 aliphatic rings. The molecule has 0 aliphatic carbocycles. The lowest BCUT2D eigenvalue weighted by molar-refractivity contribution is -0.147. The number of hydrogen-bond donors (Lipinski definition) is 0. The van der Waals surface area contributed by atoms with Gasteiger partial charge in [-0.3, -0.25) is 4.79 Å². The van der Waals surface area contributed by atoms with Crippen LogP contribution in [0.1, 0.15) is 13.3 Å². The molecule has 0 N–H and O–H groups in total. The van der Waals surface area contributed by atoms with Gasteiger partial charge in [-0.1, -0.05) is 0 Å². The molecule has 4 heteroatoms. The predicted octanol–water partition coefficient (Wildman–Crippen LogP) is 2.22. The molecule has 0 radical (unpaired) electrons. The zero-order valence-electron chi connectivity index (χ0n) is 9.86. The standard InChI is InChI=1S/C13H16FNO2/c1-2-17-13(16)10-7-8-15(9-10)12-5-3-11(14)4-6-12/h3-6,10H,2,7-9H2,1H3. The van der Waals surface area contributed by atoms with Crippen molar-refractivity contribution in [3.05, 3.63) is 30.1 Å². The highest BCUT2D eigenvalue weighted by Gasteiger charge is 2.29. The third-order valence-corrected chi connectivity index (χ3v) is 3.00. The van der Waals surface area contributed by atoms with Crippen LogP contribution in [0.4, 0.5) is 10.1 Å². The van der Waals surface area contributed by atoms with Crippen LogP contribution in [0.5, 0.6) is 0 Å². The van der Waals surface area contributed by atoms with Crippen LogP contribution in [0.2, 0.25) is 0 Å². The minimum Gasteiger partial charge on any atom is -0.466 e. The minimum absolute atomic E-state index is 0.0556. The van der Waals surface area contributed by atoms with Gasteiger partial charge in [-0.05, 0) is 37.6 Å². The smallest absolute Gasteiger partial charge is 0.310 e. The van der Waals surface area contributed by atoms with Crippen LogP contribution in [0, 0.1) is 11.7 Å². The van der Waals surface area contributed by atoms with Gasteiger partial charge in [0.2, 0.25) is 0 Å². The van der Waals surface area contributed by atoms with Crippen molar-refractivity contribution in [1.29, 1.82) is 0 Å². The van der Waals surface area contributed by atoms with Gasteiger partial charge in [-0.15, -0.1) is 0 Å². The van der Waals surface area contributed by atoms with Crippen LogP contribution >= 0.6 is 0 Å². The van der Waals surface area contributed by atoms with Gasteiger partial charge in [-0.2, -0.15) is 0 Å². The molecular formula is C13H16FNO2. The Morgan fingerprint density at radius 3 is 2.82 bits per heavy atom. The minimum atomic E-state index is -0.241. The van der Waals surface area contributed by atoms with E-state index in [1.807, 2.05) is 6.92 Å². The van der Waals surface area contributed by atoms with Crippen LogP contribution in [0.25, 0.3) is 0 Å². The van der Waals surface area contributed by atoms with Crippen LogP contribution in [0.3, 0.4) is 0 Å². The maximum Gasteiger partial charge on any atom is 0.310 e. The lowest BCUT2D eigenvalue weighted by Crippen LogP contribution is -2.24. The molecule has 1 unspecified atom stereocenters. The molecule has 0 saturated carbocycles. The first-order chi connectivity index (χ1) is 8.20. The van der Waals surface area contributed by atoms with Crippen molar-refractivity contribution < 1.29 is 13.9 Å². The molecule has 1 aliphatic heterocycles. The number of hydrogen-bond acceptors (Lipinski definition) is 3. The van der Waals surface area contributed by atoms with E-state index in [-0.39, 0.29) is 17.7 Å². The predicted molar refractivity (Wildman–Crippen MR) is 63.4 cm³/mol. The van der Waals surface area contributed by atoms with Crippen molar-refractivity contribution in [3.63, 3.8) is 0 Å². The number of anilines is 1. The molecule has 1 heterocycles. The summed E-state index contributed by atoms with van der Waals surface area (Å²) in [5, 5.41) is 0. The van der Waals surface area contributed by atoms with Gasteiger partial charge in [0.15, 0.2) is 0 Å². The molecule has 92 valence electrons. The first kappa shape index (κ1) is 11.9. The summed E-state index contributed by atoms with van der Waals surface area (Å²) >= 11 is 0. The fourth-order valence-corrected chi connectivity index (χ4v) is 2.10. The summed E-state index contributed by atoms with van der Waals surface area (Å²) in [5.74, 6) is -0.424. The highest BCUT2D eigenvalue weighted by molar-refractivity contribution is 5.74. The van der Waals surface area contributed by atoms with E-state index in [1.54, 1.807) is 12.1 Å². The summed E-state index contributed by atoms with van der Waals surface area (Å²) < 4.78 is 17.8. The van der Waals surface area contributed by atoms with E-state index in [0.717, 1.165) is 18.7 Å². The number of ether oxygens (including phenoxy) is 1. The second-order valence-electron chi connectivity index (χ2n) is 4.16. The number of benzene rings is 1. The summed E-state index contributed by atoms with van der Waals surface area (Å²) in [5.41, 5.74) is 0.957. The molecule has 2 rings (SSSR count). The zero-order chi connectivity index (χ0) is 12.3. The second-order valence-corrected chi connectivity index (χ2v) is 4.16. The number of rotatable bonds is 3. The Morgan fingerprint density at radius 1 is 1.47 bits per heavy atom. The normalized spacial score (nSPS) is 19.4. The summed E-state index contributed by atoms with van der Waals surface area (Å²) in [6.45, 7) is 3.70. The maximum atomic E-state index is 12.8. The van der Waals surface area contributed by atoms with Crippen molar-refractivity contribution in [2.24, 2.45) is 5.92 Å². The van der Waals surface area contributed by atoms with Crippen molar-refractivity contribution >= 4 is 11.7 Å². The monoisotopic (exact) mass is 237 g/mol. The molecular weight excluding hydrogens is 221 g/mol. The largest absolute Gasteiger partial charge is 0.466 e. The molecule has 0 amide bonds. The van der Waals surface area contributed by atoms with Gasteiger partial charge in [0.05, 0.1) is 12.5 Å². The quantitative estimate of drug-likeness (QED) is 0.755. The van der Waals surface area contributed by atoms with Gasteiger partial charge in [0.25, 0.3) is 0 Å². The highest BCUT2D eigenvalue weighted by atomic mass is 19.1. The number of halogens is 1. The Bertz CT molecular complexity index is 391. The number of esters is 1. The Morgan fingerprint density at radius 2 is 2.18 bits per heavy atom. The molecule has 3 nitrogen and oxygen atoms in total. The topological polar surface area (TPSA) is 29.5 Å². The molecule has 1 aromatic carbocycles. The molecule has 0 spiro atoms. The lowest BCUT2D eigenvalue weighted by atomic mass is 10.1. The first-order valence-electron chi connectivity index (χ1n) is 5.88. The average molecular weight is 237 g/mol. The summed E-state index contributed by atoms with van der Waals surface area (Å²) in [4.78, 5) is 13.7. The van der Waals surface area contributed by atoms with E-state index >= 15 is 0 Å². The summed E-state index contributed by atoms with van der Waals surface area (Å²) in [6, 6.07) is 6.35. The SMILES string of the molecule is CCOC(=O)C1CCN(c2ccc(F)cc2)C1. The Balaban J connectivity index is 1.98. The Labute approximate surface area is 100 Å². The number of nitrogens with zero attached hydrogens (tertiary/aromatic N) is 1. The van der Waals surface area contributed by atoms with E-state index in [1.165, 1.54) is 12.1 Å². The highest BCUT2D eigenvalue weighted by Crippen LogP contribution is 2.24. The van der Waals surface area contributed by atoms with E-state index in [0.29, 0.717) is 13.2 Å². The molecule has 17 heavy (non-hydrogen) atoms. The van der Waals surface area contributed by atoms with Crippen LogP contribution in [-0.2, 0) is 9.53 Å². The summed E-state index contributed by atoms with van der Waals surface area (Å²) in [6.07, 6.45) is 0.802. The van der Waals surface area contributed by atoms with Gasteiger partial charge < -0.3 is 9.64 Å². The third kappa shape index (κ3) is 2.75. The van der Waals surface area contributed by atoms with Gasteiger partial charge >= 0.3 is 5.97 Å². The van der Waals surface area contributed by atoms with Crippen LogP contribution in [0.15, 0.2) is 24.3 Å². The molecule has 0 aromatic heterocycles. The van der Waals surface area contributed by atoms with Crippen molar-refractivity contribution in [2.75, 3.05) is 24.6 Å². The van der Waals surface area contributed by atoms with E-state index < -0.39 is 0 Å². The lowest BCUT2D eigenvalue weighted by Gasteiger charge is -2.18. The van der Waals surface area contributed by atoms with Crippen LogP contribution in [-0.4, -0.2) is 25.7 Å². The molecule has 1 aromatic rings. The number of carbonyl (C=O) groups excluding carboxylic acids is 1. The maximum absolute atomic E-state index is 12.8. The van der Waals surface area contributed by atoms with Crippen molar-refractivity contribution in [2.45, 2.75) is 13.3 Å². The van der Waals surface area contributed by atoms with Gasteiger partial charge in [0, 0.05) is 18.8 Å². The third-order valence-electron chi connectivity index (χ3n) is 3.00.